The molecule has 0 atom stereocenters. The Balaban J connectivity index is 3.26. The van der Waals surface area contributed by atoms with E-state index in [0.717, 1.165) is 12.1 Å². The van der Waals surface area contributed by atoms with Crippen LogP contribution >= 0.6 is 0 Å². The minimum Gasteiger partial charge on any atom is -0.481 e. The monoisotopic (exact) mass is 320 g/mol. The van der Waals surface area contributed by atoms with Crippen molar-refractivity contribution in [2.24, 2.45) is 0 Å². The second kappa shape index (κ2) is 5.74. The van der Waals surface area contributed by atoms with Crippen LogP contribution in [0.4, 0.5) is 10.1 Å². The van der Waals surface area contributed by atoms with E-state index in [9.17, 15) is 27.7 Å². The normalized spacial score (nSPS) is 12.1. The second-order valence-corrected chi connectivity index (χ2v) is 6.58. The third-order valence-electron chi connectivity index (χ3n) is 2.41. The second-order valence-electron chi connectivity index (χ2n) is 4.93. The van der Waals surface area contributed by atoms with Gasteiger partial charge in [-0.2, -0.15) is 0 Å². The van der Waals surface area contributed by atoms with Gasteiger partial charge in [0.2, 0.25) is 10.0 Å². The Morgan fingerprint density at radius 1 is 1.48 bits per heavy atom. The number of halogens is 1. The van der Waals surface area contributed by atoms with Crippen LogP contribution in [0, 0.1) is 15.9 Å². The highest BCUT2D eigenvalue weighted by Gasteiger charge is 2.33. The molecule has 116 valence electrons. The number of rotatable bonds is 6. The molecule has 10 heteroatoms. The molecular weight excluding hydrogens is 307 g/mol. The van der Waals surface area contributed by atoms with Crippen molar-refractivity contribution >= 4 is 21.7 Å². The molecular formula is C11H13FN2O6S. The lowest BCUT2D eigenvalue weighted by atomic mass is 10.0. The van der Waals surface area contributed by atoms with Crippen LogP contribution in [0.25, 0.3) is 0 Å². The van der Waals surface area contributed by atoms with Crippen LogP contribution in [-0.2, 0) is 14.8 Å². The molecule has 0 aliphatic heterocycles. The molecule has 8 nitrogen and oxygen atoms in total. The maximum Gasteiger partial charge on any atom is 0.305 e. The maximum absolute atomic E-state index is 13.0. The number of benzene rings is 1. The number of nitrogens with zero attached hydrogens (tertiary/aromatic N) is 1. The number of carboxylic acids is 1. The van der Waals surface area contributed by atoms with Crippen LogP contribution in [0.2, 0.25) is 0 Å². The number of carbonyl (C=O) groups is 1. The Bertz CT molecular complexity index is 686. The van der Waals surface area contributed by atoms with Crippen molar-refractivity contribution in [3.63, 3.8) is 0 Å². The molecule has 0 radical (unpaired) electrons. The lowest BCUT2D eigenvalue weighted by Gasteiger charge is -2.23. The first-order chi connectivity index (χ1) is 9.44. The van der Waals surface area contributed by atoms with Crippen LogP contribution in [-0.4, -0.2) is 30.0 Å². The molecule has 0 aliphatic carbocycles. The number of carboxylic acid groups (broad SMARTS) is 1. The van der Waals surface area contributed by atoms with Crippen LogP contribution < -0.4 is 4.72 Å². The first-order valence-corrected chi connectivity index (χ1v) is 7.13. The van der Waals surface area contributed by atoms with Gasteiger partial charge in [-0.3, -0.25) is 14.9 Å². The first kappa shape index (κ1) is 17.0. The fourth-order valence-electron chi connectivity index (χ4n) is 1.69. The molecule has 0 aromatic heterocycles. The van der Waals surface area contributed by atoms with Crippen LogP contribution in [0.15, 0.2) is 23.1 Å². The quantitative estimate of drug-likeness (QED) is 0.600. The average molecular weight is 320 g/mol. The molecule has 1 rings (SSSR count). The summed E-state index contributed by atoms with van der Waals surface area (Å²) in [6, 6.07) is 2.01. The molecule has 0 saturated carbocycles. The molecule has 0 bridgehead atoms. The van der Waals surface area contributed by atoms with Crippen molar-refractivity contribution in [2.45, 2.75) is 30.7 Å². The Hall–Kier alpha value is -2.07. The van der Waals surface area contributed by atoms with Crippen molar-refractivity contribution in [1.29, 1.82) is 0 Å². The molecule has 2 N–H and O–H groups in total. The zero-order chi connectivity index (χ0) is 16.4. The number of sulfonamides is 1. The van der Waals surface area contributed by atoms with E-state index >= 15 is 0 Å². The zero-order valence-electron chi connectivity index (χ0n) is 11.2. The van der Waals surface area contributed by atoms with Crippen LogP contribution in [0.1, 0.15) is 20.3 Å². The minimum absolute atomic E-state index is 0.485. The van der Waals surface area contributed by atoms with Gasteiger partial charge in [-0.15, -0.1) is 0 Å². The fourth-order valence-corrected chi connectivity index (χ4v) is 3.26. The molecule has 0 saturated heterocycles. The summed E-state index contributed by atoms with van der Waals surface area (Å²) in [6.07, 6.45) is -0.527. The van der Waals surface area contributed by atoms with E-state index < -0.39 is 49.3 Å². The summed E-state index contributed by atoms with van der Waals surface area (Å²) in [7, 11) is -4.38. The summed E-state index contributed by atoms with van der Waals surface area (Å²) in [5.74, 6) is -2.19. The van der Waals surface area contributed by atoms with Gasteiger partial charge in [-0.1, -0.05) is 0 Å². The molecule has 0 aliphatic rings. The van der Waals surface area contributed by atoms with E-state index in [1.165, 1.54) is 13.8 Å². The molecule has 1 aromatic carbocycles. The Morgan fingerprint density at radius 3 is 2.52 bits per heavy atom. The van der Waals surface area contributed by atoms with E-state index in [1.54, 1.807) is 0 Å². The van der Waals surface area contributed by atoms with Gasteiger partial charge in [0.15, 0.2) is 4.90 Å². The van der Waals surface area contributed by atoms with Gasteiger partial charge in [0.25, 0.3) is 5.69 Å². The highest BCUT2D eigenvalue weighted by Crippen LogP contribution is 2.26. The SMILES string of the molecule is CC(C)(CC(=O)O)NS(=O)(=O)c1ccc(F)cc1[N+](=O)[O-]. The summed E-state index contributed by atoms with van der Waals surface area (Å²) in [5.41, 5.74) is -2.29. The summed E-state index contributed by atoms with van der Waals surface area (Å²) in [6.45, 7) is 2.63. The van der Waals surface area contributed by atoms with Gasteiger partial charge in [0.05, 0.1) is 17.4 Å². The van der Waals surface area contributed by atoms with E-state index in [1.807, 2.05) is 0 Å². The summed E-state index contributed by atoms with van der Waals surface area (Å²) >= 11 is 0. The summed E-state index contributed by atoms with van der Waals surface area (Å²) < 4.78 is 39.3. The summed E-state index contributed by atoms with van der Waals surface area (Å²) in [5, 5.41) is 19.5. The first-order valence-electron chi connectivity index (χ1n) is 5.64. The van der Waals surface area contributed by atoms with E-state index in [4.69, 9.17) is 5.11 Å². The number of hydrogen-bond donors (Lipinski definition) is 2. The molecule has 0 unspecified atom stereocenters. The topological polar surface area (TPSA) is 127 Å². The number of nitrogens with one attached hydrogen (secondary N) is 1. The number of nitro benzene ring substituents is 1. The Kier molecular flexibility index (Phi) is 4.64. The summed E-state index contributed by atoms with van der Waals surface area (Å²) in [4.78, 5) is 19.7. The molecule has 0 amide bonds. The molecule has 0 heterocycles. The smallest absolute Gasteiger partial charge is 0.305 e. The lowest BCUT2D eigenvalue weighted by molar-refractivity contribution is -0.388. The van der Waals surface area contributed by atoms with Gasteiger partial charge in [-0.25, -0.2) is 17.5 Å². The zero-order valence-corrected chi connectivity index (χ0v) is 12.0. The third-order valence-corrected chi connectivity index (χ3v) is 4.16. The Morgan fingerprint density at radius 2 is 2.05 bits per heavy atom. The number of hydrogen-bond acceptors (Lipinski definition) is 5. The average Bonchev–Trinajstić information content (AvgIpc) is 2.24. The standard InChI is InChI=1S/C11H13FN2O6S/c1-11(2,6-10(15)16)13-21(19,20)9-4-3-7(12)5-8(9)14(17)18/h3-5,13H,6H2,1-2H3,(H,15,16). The van der Waals surface area contributed by atoms with Gasteiger partial charge < -0.3 is 5.11 Å². The van der Waals surface area contributed by atoms with E-state index in [2.05, 4.69) is 4.72 Å². The van der Waals surface area contributed by atoms with E-state index in [0.29, 0.717) is 6.07 Å². The predicted molar refractivity (Wildman–Crippen MR) is 69.7 cm³/mol. The third kappa shape index (κ3) is 4.46. The molecule has 21 heavy (non-hydrogen) atoms. The molecule has 0 spiro atoms. The largest absolute Gasteiger partial charge is 0.481 e. The van der Waals surface area contributed by atoms with Crippen molar-refractivity contribution in [2.75, 3.05) is 0 Å². The lowest BCUT2D eigenvalue weighted by Crippen LogP contribution is -2.44. The van der Waals surface area contributed by atoms with Crippen molar-refractivity contribution in [3.05, 3.63) is 34.1 Å². The Labute approximate surface area is 119 Å². The van der Waals surface area contributed by atoms with Crippen molar-refractivity contribution in [1.82, 2.24) is 4.72 Å². The highest BCUT2D eigenvalue weighted by atomic mass is 32.2. The van der Waals surface area contributed by atoms with Crippen molar-refractivity contribution < 1.29 is 27.6 Å². The van der Waals surface area contributed by atoms with Crippen molar-refractivity contribution in [3.8, 4) is 0 Å². The van der Waals surface area contributed by atoms with Crippen LogP contribution in [0.5, 0.6) is 0 Å². The molecule has 1 aromatic rings. The number of nitro groups is 1. The maximum atomic E-state index is 13.0. The fraction of sp³-hybridized carbons (Fsp3) is 0.364. The van der Waals surface area contributed by atoms with Crippen LogP contribution in [0.3, 0.4) is 0 Å². The molecule has 0 fully saturated rings. The van der Waals surface area contributed by atoms with Gasteiger partial charge in [0.1, 0.15) is 5.82 Å². The van der Waals surface area contributed by atoms with E-state index in [-0.39, 0.29) is 0 Å². The minimum atomic E-state index is -4.38. The highest BCUT2D eigenvalue weighted by molar-refractivity contribution is 7.89. The predicted octanol–water partition coefficient (Wildman–Crippen LogP) is 1.27. The van der Waals surface area contributed by atoms with Gasteiger partial charge >= 0.3 is 5.97 Å². The van der Waals surface area contributed by atoms with Gasteiger partial charge in [0, 0.05) is 5.54 Å². The number of aliphatic carboxylic acids is 1. The van der Waals surface area contributed by atoms with Gasteiger partial charge in [-0.05, 0) is 26.0 Å².